The highest BCUT2D eigenvalue weighted by Gasteiger charge is 2.22. The molecule has 2 aromatic heterocycles. The van der Waals surface area contributed by atoms with E-state index in [1.54, 1.807) is 30.5 Å². The third-order valence-electron chi connectivity index (χ3n) is 3.12. The molecular formula is C15H11NO4. The normalized spacial score (nSPS) is 12.4. The number of pyridine rings is 1. The SMILES string of the molecule is O=C(O)c1ccoc1C(O)c1ccc2ncccc2c1. The Morgan fingerprint density at radius 1 is 1.25 bits per heavy atom. The van der Waals surface area contributed by atoms with Crippen LogP contribution in [-0.2, 0) is 0 Å². The van der Waals surface area contributed by atoms with Gasteiger partial charge in [0.2, 0.25) is 0 Å². The van der Waals surface area contributed by atoms with E-state index in [0.29, 0.717) is 5.56 Å². The summed E-state index contributed by atoms with van der Waals surface area (Å²) in [5, 5.41) is 20.2. The number of hydrogen-bond donors (Lipinski definition) is 2. The second kappa shape index (κ2) is 4.79. The number of fused-ring (bicyclic) bond motifs is 1. The van der Waals surface area contributed by atoms with Gasteiger partial charge in [-0.1, -0.05) is 12.1 Å². The minimum atomic E-state index is -1.13. The highest BCUT2D eigenvalue weighted by atomic mass is 16.4. The predicted octanol–water partition coefficient (Wildman–Crippen LogP) is 2.61. The van der Waals surface area contributed by atoms with Crippen molar-refractivity contribution in [2.75, 3.05) is 0 Å². The van der Waals surface area contributed by atoms with Crippen LogP contribution in [0.4, 0.5) is 0 Å². The van der Waals surface area contributed by atoms with E-state index in [-0.39, 0.29) is 11.3 Å². The van der Waals surface area contributed by atoms with Gasteiger partial charge in [-0.2, -0.15) is 0 Å². The minimum absolute atomic E-state index is 0.0285. The number of furan rings is 1. The Hall–Kier alpha value is -2.66. The van der Waals surface area contributed by atoms with Crippen molar-refractivity contribution >= 4 is 16.9 Å². The predicted molar refractivity (Wildman–Crippen MR) is 71.5 cm³/mol. The van der Waals surface area contributed by atoms with Crippen LogP contribution < -0.4 is 0 Å². The summed E-state index contributed by atoms with van der Waals surface area (Å²) in [6.45, 7) is 0. The van der Waals surface area contributed by atoms with E-state index in [1.165, 1.54) is 12.3 Å². The Labute approximate surface area is 114 Å². The summed E-state index contributed by atoms with van der Waals surface area (Å²) in [6.07, 6.45) is 1.82. The average Bonchev–Trinajstić information content (AvgIpc) is 2.95. The van der Waals surface area contributed by atoms with Crippen molar-refractivity contribution in [2.24, 2.45) is 0 Å². The molecule has 0 saturated carbocycles. The molecule has 3 aromatic rings. The standard InChI is InChI=1S/C15H11NO4/c17-13(14-11(15(18)19)5-7-20-14)10-3-4-12-9(8-10)2-1-6-16-12/h1-8,13,17H,(H,18,19). The molecule has 1 aromatic carbocycles. The van der Waals surface area contributed by atoms with Crippen LogP contribution >= 0.6 is 0 Å². The third kappa shape index (κ3) is 2.04. The van der Waals surface area contributed by atoms with Crippen molar-refractivity contribution in [1.29, 1.82) is 0 Å². The smallest absolute Gasteiger partial charge is 0.339 e. The monoisotopic (exact) mass is 269 g/mol. The molecule has 0 bridgehead atoms. The van der Waals surface area contributed by atoms with Crippen LogP contribution in [0.15, 0.2) is 53.3 Å². The number of carboxylic acids is 1. The van der Waals surface area contributed by atoms with Gasteiger partial charge in [-0.3, -0.25) is 4.98 Å². The van der Waals surface area contributed by atoms with E-state index in [2.05, 4.69) is 4.98 Å². The molecule has 1 unspecified atom stereocenters. The molecule has 5 heteroatoms. The van der Waals surface area contributed by atoms with Gasteiger partial charge in [-0.15, -0.1) is 0 Å². The van der Waals surface area contributed by atoms with Crippen LogP contribution in [-0.4, -0.2) is 21.2 Å². The Kier molecular flexibility index (Phi) is 2.96. The lowest BCUT2D eigenvalue weighted by molar-refractivity contribution is 0.0687. The maximum atomic E-state index is 11.0. The van der Waals surface area contributed by atoms with Crippen molar-refractivity contribution in [3.63, 3.8) is 0 Å². The zero-order valence-corrected chi connectivity index (χ0v) is 10.4. The second-order valence-electron chi connectivity index (χ2n) is 4.36. The van der Waals surface area contributed by atoms with Gasteiger partial charge in [0, 0.05) is 11.6 Å². The van der Waals surface area contributed by atoms with Crippen LogP contribution in [0.25, 0.3) is 10.9 Å². The van der Waals surface area contributed by atoms with Gasteiger partial charge in [-0.05, 0) is 29.8 Å². The number of nitrogens with zero attached hydrogens (tertiary/aromatic N) is 1. The fourth-order valence-electron chi connectivity index (χ4n) is 2.12. The van der Waals surface area contributed by atoms with Gasteiger partial charge in [0.25, 0.3) is 0 Å². The molecule has 5 nitrogen and oxygen atoms in total. The van der Waals surface area contributed by atoms with Crippen LogP contribution in [0.3, 0.4) is 0 Å². The molecule has 20 heavy (non-hydrogen) atoms. The first-order valence-corrected chi connectivity index (χ1v) is 6.00. The van der Waals surface area contributed by atoms with Crippen molar-refractivity contribution in [1.82, 2.24) is 4.98 Å². The molecule has 0 aliphatic carbocycles. The van der Waals surface area contributed by atoms with Crippen LogP contribution in [0.5, 0.6) is 0 Å². The number of rotatable bonds is 3. The zero-order valence-electron chi connectivity index (χ0n) is 10.4. The molecule has 0 amide bonds. The Bertz CT molecular complexity index is 778. The van der Waals surface area contributed by atoms with E-state index in [9.17, 15) is 9.90 Å². The lowest BCUT2D eigenvalue weighted by atomic mass is 10.0. The average molecular weight is 269 g/mol. The van der Waals surface area contributed by atoms with Gasteiger partial charge in [-0.25, -0.2) is 4.79 Å². The van der Waals surface area contributed by atoms with Gasteiger partial charge < -0.3 is 14.6 Å². The number of carbonyl (C=O) groups is 1. The summed E-state index contributed by atoms with van der Waals surface area (Å²) in [7, 11) is 0. The maximum Gasteiger partial charge on any atom is 0.339 e. The number of aliphatic hydroxyl groups is 1. The number of carboxylic acid groups (broad SMARTS) is 1. The van der Waals surface area contributed by atoms with Gasteiger partial charge in [0.05, 0.1) is 11.8 Å². The molecule has 0 saturated heterocycles. The molecule has 0 spiro atoms. The van der Waals surface area contributed by atoms with E-state index in [0.717, 1.165) is 10.9 Å². The largest absolute Gasteiger partial charge is 0.478 e. The fraction of sp³-hybridized carbons (Fsp3) is 0.0667. The van der Waals surface area contributed by atoms with Crippen molar-refractivity contribution < 1.29 is 19.4 Å². The first kappa shape index (κ1) is 12.4. The summed E-state index contributed by atoms with van der Waals surface area (Å²) in [4.78, 5) is 15.2. The molecule has 100 valence electrons. The highest BCUT2D eigenvalue weighted by Crippen LogP contribution is 2.27. The van der Waals surface area contributed by atoms with E-state index < -0.39 is 12.1 Å². The summed E-state index contributed by atoms with van der Waals surface area (Å²) < 4.78 is 5.11. The number of aromatic carboxylic acids is 1. The second-order valence-corrected chi connectivity index (χ2v) is 4.36. The maximum absolute atomic E-state index is 11.0. The van der Waals surface area contributed by atoms with E-state index >= 15 is 0 Å². The highest BCUT2D eigenvalue weighted by molar-refractivity contribution is 5.89. The number of benzene rings is 1. The van der Waals surface area contributed by atoms with Gasteiger partial charge in [0.1, 0.15) is 11.7 Å². The summed E-state index contributed by atoms with van der Waals surface area (Å²) in [6, 6.07) is 10.2. The summed E-state index contributed by atoms with van der Waals surface area (Å²) >= 11 is 0. The molecule has 0 aliphatic heterocycles. The molecule has 3 rings (SSSR count). The molecule has 0 fully saturated rings. The topological polar surface area (TPSA) is 83.6 Å². The van der Waals surface area contributed by atoms with Gasteiger partial charge >= 0.3 is 5.97 Å². The molecule has 2 N–H and O–H groups in total. The van der Waals surface area contributed by atoms with E-state index in [1.807, 2.05) is 6.07 Å². The quantitative estimate of drug-likeness (QED) is 0.763. The fourth-order valence-corrected chi connectivity index (χ4v) is 2.12. The first-order valence-electron chi connectivity index (χ1n) is 6.00. The van der Waals surface area contributed by atoms with Crippen molar-refractivity contribution in [3.8, 4) is 0 Å². The van der Waals surface area contributed by atoms with Crippen molar-refractivity contribution in [2.45, 2.75) is 6.10 Å². The molecule has 0 radical (unpaired) electrons. The first-order chi connectivity index (χ1) is 9.66. The van der Waals surface area contributed by atoms with Crippen molar-refractivity contribution in [3.05, 3.63) is 65.7 Å². The van der Waals surface area contributed by atoms with E-state index in [4.69, 9.17) is 9.52 Å². The van der Waals surface area contributed by atoms with Gasteiger partial charge in [0.15, 0.2) is 5.76 Å². The van der Waals surface area contributed by atoms with Crippen LogP contribution in [0.2, 0.25) is 0 Å². The Balaban J connectivity index is 2.05. The Morgan fingerprint density at radius 2 is 2.10 bits per heavy atom. The number of aromatic nitrogens is 1. The molecule has 2 heterocycles. The van der Waals surface area contributed by atoms with Crippen LogP contribution in [0.1, 0.15) is 27.8 Å². The lowest BCUT2D eigenvalue weighted by Gasteiger charge is -2.10. The minimum Gasteiger partial charge on any atom is -0.478 e. The summed E-state index contributed by atoms with van der Waals surface area (Å²) in [5.74, 6) is -1.10. The summed E-state index contributed by atoms with van der Waals surface area (Å²) in [5.41, 5.74) is 1.33. The molecular weight excluding hydrogens is 258 g/mol. The number of hydrogen-bond acceptors (Lipinski definition) is 4. The molecule has 1 atom stereocenters. The molecule has 0 aliphatic rings. The Morgan fingerprint density at radius 3 is 2.90 bits per heavy atom. The van der Waals surface area contributed by atoms with Crippen LogP contribution in [0, 0.1) is 0 Å². The lowest BCUT2D eigenvalue weighted by Crippen LogP contribution is -2.05. The third-order valence-corrected chi connectivity index (χ3v) is 3.12. The zero-order chi connectivity index (χ0) is 14.1. The number of aliphatic hydroxyl groups excluding tert-OH is 1.